The topological polar surface area (TPSA) is 70.7 Å². The molecule has 2 atom stereocenters. The molecule has 2 rings (SSSR count). The van der Waals surface area contributed by atoms with E-state index in [1.807, 2.05) is 6.92 Å². The first-order chi connectivity index (χ1) is 10.0. The molecule has 0 aromatic heterocycles. The van der Waals surface area contributed by atoms with Gasteiger partial charge in [-0.25, -0.2) is 0 Å². The SMILES string of the molecule is COCCC(C)NS(=O)(=O)N1CCCC(CNC2CC2)C1. The van der Waals surface area contributed by atoms with Crippen molar-refractivity contribution >= 4 is 10.2 Å². The number of ether oxygens (including phenoxy) is 1. The lowest BCUT2D eigenvalue weighted by Crippen LogP contribution is -2.49. The lowest BCUT2D eigenvalue weighted by atomic mass is 10.00. The molecule has 2 N–H and O–H groups in total. The number of hydrogen-bond acceptors (Lipinski definition) is 4. The molecular formula is C14H29N3O3S. The monoisotopic (exact) mass is 319 g/mol. The van der Waals surface area contributed by atoms with Crippen LogP contribution in [0.3, 0.4) is 0 Å². The van der Waals surface area contributed by atoms with Gasteiger partial charge in [0.05, 0.1) is 0 Å². The Hall–Kier alpha value is -0.210. The average Bonchev–Trinajstić information content (AvgIpc) is 3.27. The van der Waals surface area contributed by atoms with Gasteiger partial charge in [0, 0.05) is 38.9 Å². The van der Waals surface area contributed by atoms with Crippen molar-refractivity contribution in [1.82, 2.24) is 14.3 Å². The van der Waals surface area contributed by atoms with Crippen LogP contribution in [0.2, 0.25) is 0 Å². The summed E-state index contributed by atoms with van der Waals surface area (Å²) in [4.78, 5) is 0. The molecule has 7 heteroatoms. The zero-order valence-corrected chi connectivity index (χ0v) is 14.0. The molecule has 0 radical (unpaired) electrons. The van der Waals surface area contributed by atoms with Crippen LogP contribution in [0.1, 0.15) is 39.0 Å². The average molecular weight is 319 g/mol. The van der Waals surface area contributed by atoms with Gasteiger partial charge in [-0.2, -0.15) is 17.4 Å². The third kappa shape index (κ3) is 5.83. The third-order valence-corrected chi connectivity index (χ3v) is 5.91. The molecule has 6 nitrogen and oxygen atoms in total. The second-order valence-electron chi connectivity index (χ2n) is 6.35. The van der Waals surface area contributed by atoms with E-state index in [2.05, 4.69) is 10.0 Å². The normalized spacial score (nSPS) is 25.9. The molecule has 0 aromatic carbocycles. The summed E-state index contributed by atoms with van der Waals surface area (Å²) in [6.07, 6.45) is 5.30. The first-order valence-electron chi connectivity index (χ1n) is 8.01. The van der Waals surface area contributed by atoms with Crippen LogP contribution in [0.5, 0.6) is 0 Å². The summed E-state index contributed by atoms with van der Waals surface area (Å²) < 4.78 is 34.2. The summed E-state index contributed by atoms with van der Waals surface area (Å²) in [5, 5.41) is 3.51. The fourth-order valence-corrected chi connectivity index (χ4v) is 4.27. The number of nitrogens with zero attached hydrogens (tertiary/aromatic N) is 1. The van der Waals surface area contributed by atoms with Crippen LogP contribution in [0.25, 0.3) is 0 Å². The Morgan fingerprint density at radius 3 is 2.76 bits per heavy atom. The molecule has 1 heterocycles. The summed E-state index contributed by atoms with van der Waals surface area (Å²) in [6.45, 7) is 4.65. The standard InChI is InChI=1S/C14H29N3O3S/c1-12(7-9-20-2)16-21(18,19)17-8-3-4-13(11-17)10-15-14-5-6-14/h12-16H,3-11H2,1-2H3. The van der Waals surface area contributed by atoms with Crippen LogP contribution in [-0.4, -0.2) is 58.2 Å². The van der Waals surface area contributed by atoms with Crippen molar-refractivity contribution in [1.29, 1.82) is 0 Å². The second-order valence-corrected chi connectivity index (χ2v) is 8.06. The van der Waals surface area contributed by atoms with Crippen LogP contribution in [0.4, 0.5) is 0 Å². The summed E-state index contributed by atoms with van der Waals surface area (Å²) in [5.41, 5.74) is 0. The molecule has 1 saturated carbocycles. The Balaban J connectivity index is 1.80. The zero-order valence-electron chi connectivity index (χ0n) is 13.2. The molecule has 0 aromatic rings. The molecule has 1 saturated heterocycles. The van der Waals surface area contributed by atoms with Gasteiger partial charge in [0.25, 0.3) is 10.2 Å². The van der Waals surface area contributed by atoms with Crippen LogP contribution in [0, 0.1) is 5.92 Å². The maximum atomic E-state index is 12.4. The van der Waals surface area contributed by atoms with E-state index in [4.69, 9.17) is 4.74 Å². The van der Waals surface area contributed by atoms with E-state index in [1.165, 1.54) is 12.8 Å². The minimum absolute atomic E-state index is 0.0973. The molecule has 2 unspecified atom stereocenters. The van der Waals surface area contributed by atoms with E-state index in [1.54, 1.807) is 11.4 Å². The van der Waals surface area contributed by atoms with Crippen molar-refractivity contribution in [3.05, 3.63) is 0 Å². The fraction of sp³-hybridized carbons (Fsp3) is 1.00. The Labute approximate surface area is 128 Å². The van der Waals surface area contributed by atoms with Crippen molar-refractivity contribution in [3.8, 4) is 0 Å². The van der Waals surface area contributed by atoms with Crippen molar-refractivity contribution in [2.24, 2.45) is 5.92 Å². The number of rotatable bonds is 9. The maximum Gasteiger partial charge on any atom is 0.279 e. The highest BCUT2D eigenvalue weighted by Crippen LogP contribution is 2.22. The van der Waals surface area contributed by atoms with E-state index in [-0.39, 0.29) is 6.04 Å². The summed E-state index contributed by atoms with van der Waals surface area (Å²) in [6, 6.07) is 0.587. The predicted molar refractivity (Wildman–Crippen MR) is 83.3 cm³/mol. The van der Waals surface area contributed by atoms with Crippen LogP contribution < -0.4 is 10.0 Å². The Bertz CT molecular complexity index is 412. The van der Waals surface area contributed by atoms with Crippen LogP contribution in [-0.2, 0) is 14.9 Å². The molecule has 124 valence electrons. The maximum absolute atomic E-state index is 12.4. The van der Waals surface area contributed by atoms with Gasteiger partial charge >= 0.3 is 0 Å². The summed E-state index contributed by atoms with van der Waals surface area (Å²) in [5.74, 6) is 0.435. The van der Waals surface area contributed by atoms with Gasteiger partial charge in [0.1, 0.15) is 0 Å². The number of methoxy groups -OCH3 is 1. The molecule has 0 bridgehead atoms. The van der Waals surface area contributed by atoms with Gasteiger partial charge in [-0.15, -0.1) is 0 Å². The van der Waals surface area contributed by atoms with Crippen LogP contribution in [0.15, 0.2) is 0 Å². The van der Waals surface area contributed by atoms with E-state index >= 15 is 0 Å². The smallest absolute Gasteiger partial charge is 0.279 e. The van der Waals surface area contributed by atoms with E-state index in [9.17, 15) is 8.42 Å². The van der Waals surface area contributed by atoms with Gasteiger partial charge < -0.3 is 10.1 Å². The predicted octanol–water partition coefficient (Wildman–Crippen LogP) is 0.710. The molecule has 1 aliphatic carbocycles. The number of nitrogens with one attached hydrogen (secondary N) is 2. The third-order valence-electron chi connectivity index (χ3n) is 4.20. The van der Waals surface area contributed by atoms with E-state index < -0.39 is 10.2 Å². The van der Waals surface area contributed by atoms with E-state index in [0.29, 0.717) is 38.1 Å². The van der Waals surface area contributed by atoms with Gasteiger partial charge in [-0.1, -0.05) is 0 Å². The first-order valence-corrected chi connectivity index (χ1v) is 9.45. The Morgan fingerprint density at radius 1 is 1.33 bits per heavy atom. The van der Waals surface area contributed by atoms with Crippen molar-refractivity contribution < 1.29 is 13.2 Å². The minimum atomic E-state index is -3.37. The molecule has 2 fully saturated rings. The first kappa shape index (κ1) is 17.1. The highest BCUT2D eigenvalue weighted by atomic mass is 32.2. The second kappa shape index (κ2) is 7.87. The lowest BCUT2D eigenvalue weighted by Gasteiger charge is -2.33. The Kier molecular flexibility index (Phi) is 6.43. The largest absolute Gasteiger partial charge is 0.385 e. The lowest BCUT2D eigenvalue weighted by molar-refractivity contribution is 0.187. The quantitative estimate of drug-likeness (QED) is 0.657. The molecular weight excluding hydrogens is 290 g/mol. The van der Waals surface area contributed by atoms with Gasteiger partial charge in [-0.05, 0) is 51.5 Å². The highest BCUT2D eigenvalue weighted by Gasteiger charge is 2.30. The van der Waals surface area contributed by atoms with Gasteiger partial charge in [0.15, 0.2) is 0 Å². The zero-order chi connectivity index (χ0) is 15.3. The summed E-state index contributed by atoms with van der Waals surface area (Å²) >= 11 is 0. The molecule has 0 amide bonds. The van der Waals surface area contributed by atoms with Gasteiger partial charge in [-0.3, -0.25) is 0 Å². The van der Waals surface area contributed by atoms with Crippen molar-refractivity contribution in [3.63, 3.8) is 0 Å². The van der Waals surface area contributed by atoms with Crippen molar-refractivity contribution in [2.75, 3.05) is 33.4 Å². The molecule has 21 heavy (non-hydrogen) atoms. The molecule has 2 aliphatic rings. The van der Waals surface area contributed by atoms with Crippen LogP contribution >= 0.6 is 0 Å². The molecule has 0 spiro atoms. The van der Waals surface area contributed by atoms with Crippen molar-refractivity contribution in [2.45, 2.75) is 51.1 Å². The summed E-state index contributed by atoms with van der Waals surface area (Å²) in [7, 11) is -1.74. The Morgan fingerprint density at radius 2 is 2.10 bits per heavy atom. The minimum Gasteiger partial charge on any atom is -0.385 e. The molecule has 1 aliphatic heterocycles. The van der Waals surface area contributed by atoms with E-state index in [0.717, 1.165) is 19.4 Å². The highest BCUT2D eigenvalue weighted by molar-refractivity contribution is 7.87. The number of piperidine rings is 1. The van der Waals surface area contributed by atoms with Gasteiger partial charge in [0.2, 0.25) is 0 Å². The number of hydrogen-bond donors (Lipinski definition) is 2. The fourth-order valence-electron chi connectivity index (χ4n) is 2.71.